The molecule has 0 saturated carbocycles. The summed E-state index contributed by atoms with van der Waals surface area (Å²) in [4.78, 5) is 11.1. The average molecular weight is 327 g/mol. The van der Waals surface area contributed by atoms with Gasteiger partial charge in [0.1, 0.15) is 16.5 Å². The highest BCUT2D eigenvalue weighted by Crippen LogP contribution is 2.32. The van der Waals surface area contributed by atoms with Crippen LogP contribution in [0.5, 0.6) is 0 Å². The highest BCUT2D eigenvalue weighted by atomic mass is 35.5. The number of aromatic nitrogens is 4. The first-order chi connectivity index (χ1) is 9.45. The van der Waals surface area contributed by atoms with Crippen molar-refractivity contribution in [1.29, 1.82) is 0 Å². The van der Waals surface area contributed by atoms with Crippen molar-refractivity contribution < 1.29 is 0 Å². The SMILES string of the molecule is Cc1nn(Cc2nc(Cl)c3c(C)c(C)sc3n2)cc1Cl. The molecule has 0 amide bonds. The van der Waals surface area contributed by atoms with Gasteiger partial charge in [-0.25, -0.2) is 9.97 Å². The third kappa shape index (κ3) is 2.30. The van der Waals surface area contributed by atoms with E-state index in [0.29, 0.717) is 22.5 Å². The molecule has 0 aliphatic carbocycles. The first kappa shape index (κ1) is 13.8. The Kier molecular flexibility index (Phi) is 3.44. The monoisotopic (exact) mass is 326 g/mol. The van der Waals surface area contributed by atoms with Gasteiger partial charge >= 0.3 is 0 Å². The molecule has 0 aliphatic heterocycles. The molecule has 0 unspecified atom stereocenters. The van der Waals surface area contributed by atoms with E-state index in [-0.39, 0.29) is 0 Å². The molecule has 0 radical (unpaired) electrons. The van der Waals surface area contributed by atoms with Gasteiger partial charge in [0, 0.05) is 11.1 Å². The number of thiophene rings is 1. The Bertz CT molecular complexity index is 787. The van der Waals surface area contributed by atoms with Gasteiger partial charge < -0.3 is 0 Å². The van der Waals surface area contributed by atoms with E-state index in [1.54, 1.807) is 22.2 Å². The highest BCUT2D eigenvalue weighted by Gasteiger charge is 2.14. The van der Waals surface area contributed by atoms with Gasteiger partial charge in [0.2, 0.25) is 0 Å². The lowest BCUT2D eigenvalue weighted by molar-refractivity contribution is 0.652. The summed E-state index contributed by atoms with van der Waals surface area (Å²) in [6.07, 6.45) is 1.77. The molecule has 4 nitrogen and oxygen atoms in total. The van der Waals surface area contributed by atoms with Gasteiger partial charge in [0.25, 0.3) is 0 Å². The Morgan fingerprint density at radius 3 is 2.60 bits per heavy atom. The lowest BCUT2D eigenvalue weighted by Gasteiger charge is -2.02. The Morgan fingerprint density at radius 2 is 1.95 bits per heavy atom. The van der Waals surface area contributed by atoms with Gasteiger partial charge in [-0.15, -0.1) is 11.3 Å². The van der Waals surface area contributed by atoms with E-state index < -0.39 is 0 Å². The van der Waals surface area contributed by atoms with E-state index in [4.69, 9.17) is 23.2 Å². The normalized spacial score (nSPS) is 11.4. The van der Waals surface area contributed by atoms with Gasteiger partial charge in [-0.3, -0.25) is 4.68 Å². The van der Waals surface area contributed by atoms with Crippen LogP contribution in [-0.4, -0.2) is 19.7 Å². The van der Waals surface area contributed by atoms with Crippen LogP contribution in [0.25, 0.3) is 10.2 Å². The Morgan fingerprint density at radius 1 is 1.20 bits per heavy atom. The van der Waals surface area contributed by atoms with Crippen LogP contribution >= 0.6 is 34.5 Å². The first-order valence-electron chi connectivity index (χ1n) is 6.07. The zero-order valence-corrected chi connectivity index (χ0v) is 13.6. The lowest BCUT2D eigenvalue weighted by atomic mass is 10.2. The van der Waals surface area contributed by atoms with Gasteiger partial charge in [-0.05, 0) is 26.3 Å². The molecular weight excluding hydrogens is 315 g/mol. The van der Waals surface area contributed by atoms with Gasteiger partial charge in [0.05, 0.1) is 16.1 Å². The van der Waals surface area contributed by atoms with Gasteiger partial charge in [-0.2, -0.15) is 5.10 Å². The van der Waals surface area contributed by atoms with Crippen LogP contribution in [0.1, 0.15) is 22.0 Å². The molecular formula is C13H12Cl2N4S. The maximum Gasteiger partial charge on any atom is 0.153 e. The van der Waals surface area contributed by atoms with Crippen LogP contribution in [0.4, 0.5) is 0 Å². The molecule has 0 bridgehead atoms. The molecule has 0 saturated heterocycles. The van der Waals surface area contributed by atoms with E-state index in [9.17, 15) is 0 Å². The van der Waals surface area contributed by atoms with E-state index in [0.717, 1.165) is 21.5 Å². The van der Waals surface area contributed by atoms with E-state index >= 15 is 0 Å². The summed E-state index contributed by atoms with van der Waals surface area (Å²) >= 11 is 13.9. The summed E-state index contributed by atoms with van der Waals surface area (Å²) in [5, 5.41) is 6.40. The highest BCUT2D eigenvalue weighted by molar-refractivity contribution is 7.18. The molecule has 0 aliphatic rings. The summed E-state index contributed by atoms with van der Waals surface area (Å²) in [6.45, 7) is 6.43. The Balaban J connectivity index is 2.04. The molecule has 3 aromatic heterocycles. The second-order valence-corrected chi connectivity index (χ2v) is 6.62. The minimum atomic E-state index is 0.458. The second-order valence-electron chi connectivity index (χ2n) is 4.65. The van der Waals surface area contributed by atoms with E-state index in [1.807, 2.05) is 13.8 Å². The quantitative estimate of drug-likeness (QED) is 0.664. The Labute approximate surface area is 130 Å². The fourth-order valence-electron chi connectivity index (χ4n) is 2.03. The molecule has 0 N–H and O–H groups in total. The molecule has 0 aromatic carbocycles. The zero-order valence-electron chi connectivity index (χ0n) is 11.2. The molecule has 3 aromatic rings. The molecule has 0 fully saturated rings. The number of rotatable bonds is 2. The van der Waals surface area contributed by atoms with Crippen molar-refractivity contribution in [3.05, 3.63) is 38.3 Å². The lowest BCUT2D eigenvalue weighted by Crippen LogP contribution is -2.05. The van der Waals surface area contributed by atoms with E-state index in [1.165, 1.54) is 4.88 Å². The van der Waals surface area contributed by atoms with Crippen LogP contribution in [0.2, 0.25) is 10.2 Å². The van der Waals surface area contributed by atoms with Crippen LogP contribution in [0.3, 0.4) is 0 Å². The zero-order chi connectivity index (χ0) is 14.4. The number of halogens is 2. The summed E-state index contributed by atoms with van der Waals surface area (Å²) in [5.41, 5.74) is 1.95. The number of fused-ring (bicyclic) bond motifs is 1. The number of hydrogen-bond acceptors (Lipinski definition) is 4. The molecule has 3 rings (SSSR count). The van der Waals surface area contributed by atoms with Gasteiger partial charge in [0.15, 0.2) is 5.82 Å². The van der Waals surface area contributed by atoms with Crippen molar-refractivity contribution in [3.63, 3.8) is 0 Å². The van der Waals surface area contributed by atoms with Crippen LogP contribution < -0.4 is 0 Å². The topological polar surface area (TPSA) is 43.6 Å². The van der Waals surface area contributed by atoms with Gasteiger partial charge in [-0.1, -0.05) is 23.2 Å². The van der Waals surface area contributed by atoms with Crippen molar-refractivity contribution in [3.8, 4) is 0 Å². The summed E-state index contributed by atoms with van der Waals surface area (Å²) in [6, 6.07) is 0. The number of hydrogen-bond donors (Lipinski definition) is 0. The van der Waals surface area contributed by atoms with Crippen LogP contribution in [-0.2, 0) is 6.54 Å². The van der Waals surface area contributed by atoms with Crippen molar-refractivity contribution in [1.82, 2.24) is 19.7 Å². The Hall–Kier alpha value is -1.17. The molecule has 20 heavy (non-hydrogen) atoms. The fourth-order valence-corrected chi connectivity index (χ4v) is 3.62. The molecule has 3 heterocycles. The minimum Gasteiger partial charge on any atom is -0.263 e. The van der Waals surface area contributed by atoms with Crippen molar-refractivity contribution in [2.45, 2.75) is 27.3 Å². The van der Waals surface area contributed by atoms with Crippen molar-refractivity contribution >= 4 is 44.8 Å². The minimum absolute atomic E-state index is 0.458. The molecule has 104 valence electrons. The molecule has 0 atom stereocenters. The van der Waals surface area contributed by atoms with Crippen molar-refractivity contribution in [2.75, 3.05) is 0 Å². The predicted octanol–water partition coefficient (Wildman–Crippen LogP) is 4.17. The number of aryl methyl sites for hydroxylation is 3. The first-order valence-corrected chi connectivity index (χ1v) is 7.64. The molecule has 0 spiro atoms. The largest absolute Gasteiger partial charge is 0.263 e. The third-order valence-corrected chi connectivity index (χ3v) is 4.97. The van der Waals surface area contributed by atoms with Crippen LogP contribution in [0.15, 0.2) is 6.20 Å². The summed E-state index contributed by atoms with van der Waals surface area (Å²) < 4.78 is 1.72. The summed E-state index contributed by atoms with van der Waals surface area (Å²) in [7, 11) is 0. The fraction of sp³-hybridized carbons (Fsp3) is 0.308. The molecule has 7 heteroatoms. The average Bonchev–Trinajstić information content (AvgIpc) is 2.81. The second kappa shape index (κ2) is 4.98. The van der Waals surface area contributed by atoms with Crippen LogP contribution in [0, 0.1) is 20.8 Å². The number of nitrogens with zero attached hydrogens (tertiary/aromatic N) is 4. The smallest absolute Gasteiger partial charge is 0.153 e. The summed E-state index contributed by atoms with van der Waals surface area (Å²) in [5.74, 6) is 0.642. The maximum absolute atomic E-state index is 6.28. The third-order valence-electron chi connectivity index (χ3n) is 3.22. The van der Waals surface area contributed by atoms with Crippen molar-refractivity contribution in [2.24, 2.45) is 0 Å². The maximum atomic E-state index is 6.28. The predicted molar refractivity (Wildman–Crippen MR) is 83.0 cm³/mol. The standard InChI is InChI=1S/C13H12Cl2N4S/c1-6-8(3)20-13-11(6)12(15)16-10(17-13)5-19-4-9(14)7(2)18-19/h4H,5H2,1-3H3. The van der Waals surface area contributed by atoms with E-state index in [2.05, 4.69) is 22.0 Å².